The van der Waals surface area contributed by atoms with Gasteiger partial charge in [-0.15, -0.1) is 0 Å². The van der Waals surface area contributed by atoms with E-state index in [-0.39, 0.29) is 11.5 Å². The molecular formula is C20H17N3O2S. The molecule has 1 aliphatic heterocycles. The summed E-state index contributed by atoms with van der Waals surface area (Å²) in [7, 11) is 0. The van der Waals surface area contributed by atoms with Gasteiger partial charge >= 0.3 is 0 Å². The molecule has 1 atom stereocenters. The second-order valence-electron chi connectivity index (χ2n) is 5.96. The van der Waals surface area contributed by atoms with Crippen LogP contribution in [0.5, 0.6) is 0 Å². The second kappa shape index (κ2) is 7.46. The van der Waals surface area contributed by atoms with E-state index >= 15 is 0 Å². The summed E-state index contributed by atoms with van der Waals surface area (Å²) in [5.41, 5.74) is 7.94. The molecule has 2 aromatic rings. The van der Waals surface area contributed by atoms with Gasteiger partial charge in [-0.25, -0.2) is 0 Å². The fraction of sp³-hybridized carbons (Fsp3) is 0.150. The third kappa shape index (κ3) is 3.48. The first-order valence-electron chi connectivity index (χ1n) is 8.06. The Morgan fingerprint density at radius 2 is 1.85 bits per heavy atom. The number of hydrogen-bond acceptors (Lipinski definition) is 4. The molecule has 1 fully saturated rings. The molecule has 1 unspecified atom stereocenters. The molecular weight excluding hydrogens is 346 g/mol. The smallest absolute Gasteiger partial charge is 0.262 e. The first kappa shape index (κ1) is 17.8. The quantitative estimate of drug-likeness (QED) is 0.668. The molecule has 1 heterocycles. The minimum atomic E-state index is -0.834. The number of nitriles is 1. The topological polar surface area (TPSA) is 87.2 Å². The van der Waals surface area contributed by atoms with Crippen LogP contribution in [0.3, 0.4) is 0 Å². The van der Waals surface area contributed by atoms with Crippen molar-refractivity contribution in [3.63, 3.8) is 0 Å². The highest BCUT2D eigenvalue weighted by molar-refractivity contribution is 8.05. The second-order valence-corrected chi connectivity index (χ2v) is 7.15. The lowest BCUT2D eigenvalue weighted by molar-refractivity contribution is -0.117. The molecule has 6 heteroatoms. The van der Waals surface area contributed by atoms with Crippen LogP contribution < -0.4 is 10.6 Å². The predicted molar refractivity (Wildman–Crippen MR) is 102 cm³/mol. The fourth-order valence-electron chi connectivity index (χ4n) is 2.75. The average Bonchev–Trinajstić information content (AvgIpc) is 2.94. The lowest BCUT2D eigenvalue weighted by atomic mass is 10.1. The van der Waals surface area contributed by atoms with Crippen LogP contribution in [0.25, 0.3) is 0 Å². The molecule has 5 nitrogen and oxygen atoms in total. The van der Waals surface area contributed by atoms with E-state index < -0.39 is 11.2 Å². The molecule has 0 radical (unpaired) electrons. The number of primary amides is 1. The minimum Gasteiger partial charge on any atom is -0.365 e. The van der Waals surface area contributed by atoms with E-state index in [1.807, 2.05) is 43.3 Å². The largest absolute Gasteiger partial charge is 0.365 e. The Kier molecular flexibility index (Phi) is 5.10. The number of benzene rings is 2. The SMILES string of the molecule is Cc1ccc(CC2S/C(=C(/C#N)C(N)=O)N(c3ccccc3)C2=O)cc1. The molecule has 1 aliphatic rings. The van der Waals surface area contributed by atoms with E-state index in [0.717, 1.165) is 11.1 Å². The Morgan fingerprint density at radius 3 is 2.42 bits per heavy atom. The fourth-order valence-corrected chi connectivity index (χ4v) is 4.07. The molecule has 26 heavy (non-hydrogen) atoms. The van der Waals surface area contributed by atoms with Crippen LogP contribution in [-0.4, -0.2) is 17.1 Å². The number of nitrogens with two attached hydrogens (primary N) is 1. The van der Waals surface area contributed by atoms with Crippen LogP contribution in [0, 0.1) is 18.3 Å². The zero-order valence-electron chi connectivity index (χ0n) is 14.2. The van der Waals surface area contributed by atoms with E-state index in [9.17, 15) is 14.9 Å². The number of rotatable bonds is 4. The van der Waals surface area contributed by atoms with Gasteiger partial charge in [0.1, 0.15) is 16.7 Å². The van der Waals surface area contributed by atoms with Crippen LogP contribution in [0.2, 0.25) is 0 Å². The summed E-state index contributed by atoms with van der Waals surface area (Å²) >= 11 is 1.21. The number of hydrogen-bond donors (Lipinski definition) is 1. The Hall–Kier alpha value is -3.04. The lowest BCUT2D eigenvalue weighted by Crippen LogP contribution is -2.30. The highest BCUT2D eigenvalue weighted by atomic mass is 32.2. The van der Waals surface area contributed by atoms with Crippen molar-refractivity contribution in [2.24, 2.45) is 5.73 Å². The van der Waals surface area contributed by atoms with E-state index in [0.29, 0.717) is 17.1 Å². The number of nitrogens with zero attached hydrogens (tertiary/aromatic N) is 2. The maximum atomic E-state index is 13.0. The van der Waals surface area contributed by atoms with Gasteiger partial charge in [0.15, 0.2) is 0 Å². The van der Waals surface area contributed by atoms with Gasteiger partial charge in [-0.05, 0) is 31.0 Å². The maximum Gasteiger partial charge on any atom is 0.262 e. The van der Waals surface area contributed by atoms with Crippen molar-refractivity contribution >= 4 is 29.3 Å². The molecule has 2 aromatic carbocycles. The summed E-state index contributed by atoms with van der Waals surface area (Å²) in [6.07, 6.45) is 0.508. The molecule has 0 spiro atoms. The van der Waals surface area contributed by atoms with E-state index in [1.165, 1.54) is 16.7 Å². The van der Waals surface area contributed by atoms with Gasteiger partial charge in [-0.2, -0.15) is 5.26 Å². The molecule has 1 saturated heterocycles. The van der Waals surface area contributed by atoms with Gasteiger partial charge < -0.3 is 5.73 Å². The van der Waals surface area contributed by atoms with Crippen molar-refractivity contribution in [2.45, 2.75) is 18.6 Å². The van der Waals surface area contributed by atoms with Gasteiger partial charge in [0.05, 0.1) is 5.25 Å². The van der Waals surface area contributed by atoms with Crippen LogP contribution in [-0.2, 0) is 16.0 Å². The Morgan fingerprint density at radius 1 is 1.19 bits per heavy atom. The van der Waals surface area contributed by atoms with Crippen molar-refractivity contribution in [1.82, 2.24) is 0 Å². The first-order valence-corrected chi connectivity index (χ1v) is 8.94. The van der Waals surface area contributed by atoms with E-state index in [4.69, 9.17) is 5.73 Å². The van der Waals surface area contributed by atoms with Gasteiger partial charge in [0.25, 0.3) is 5.91 Å². The Bertz CT molecular complexity index is 914. The third-order valence-corrected chi connectivity index (χ3v) is 5.34. The number of carbonyl (C=O) groups excluding carboxylic acids is 2. The van der Waals surface area contributed by atoms with Crippen LogP contribution in [0.15, 0.2) is 65.2 Å². The molecule has 3 rings (SSSR count). The summed E-state index contributed by atoms with van der Waals surface area (Å²) in [5.74, 6) is -0.995. The van der Waals surface area contributed by atoms with Crippen molar-refractivity contribution < 1.29 is 9.59 Å². The number of anilines is 1. The third-order valence-electron chi connectivity index (χ3n) is 4.08. The zero-order valence-corrected chi connectivity index (χ0v) is 15.0. The predicted octanol–water partition coefficient (Wildman–Crippen LogP) is 2.91. The first-order chi connectivity index (χ1) is 12.5. The summed E-state index contributed by atoms with van der Waals surface area (Å²) in [6, 6.07) is 18.8. The summed E-state index contributed by atoms with van der Waals surface area (Å²) in [4.78, 5) is 26.2. The van der Waals surface area contributed by atoms with Crippen molar-refractivity contribution in [3.8, 4) is 6.07 Å². The maximum absolute atomic E-state index is 13.0. The number of para-hydroxylation sites is 1. The zero-order chi connectivity index (χ0) is 18.7. The number of amides is 2. The van der Waals surface area contributed by atoms with Crippen LogP contribution in [0.4, 0.5) is 5.69 Å². The van der Waals surface area contributed by atoms with Gasteiger partial charge in [-0.3, -0.25) is 14.5 Å². The Labute approximate surface area is 156 Å². The molecule has 0 aromatic heterocycles. The molecule has 0 aliphatic carbocycles. The van der Waals surface area contributed by atoms with Crippen molar-refractivity contribution in [3.05, 3.63) is 76.3 Å². The standard InChI is InChI=1S/C20H17N3O2S/c1-13-7-9-14(10-8-13)11-17-19(25)23(15-5-3-2-4-6-15)20(26-17)16(12-21)18(22)24/h2-10,17H,11H2,1H3,(H2,22,24)/b20-16-. The monoisotopic (exact) mass is 363 g/mol. The van der Waals surface area contributed by atoms with E-state index in [1.54, 1.807) is 24.3 Å². The van der Waals surface area contributed by atoms with E-state index in [2.05, 4.69) is 0 Å². The lowest BCUT2D eigenvalue weighted by Gasteiger charge is -2.18. The van der Waals surface area contributed by atoms with Crippen LogP contribution >= 0.6 is 11.8 Å². The Balaban J connectivity index is 2.00. The molecule has 0 bridgehead atoms. The highest BCUT2D eigenvalue weighted by Gasteiger charge is 2.40. The summed E-state index contributed by atoms with van der Waals surface area (Å²) in [5, 5.41) is 9.23. The van der Waals surface area contributed by atoms with Crippen molar-refractivity contribution in [1.29, 1.82) is 5.26 Å². The highest BCUT2D eigenvalue weighted by Crippen LogP contribution is 2.41. The summed E-state index contributed by atoms with van der Waals surface area (Å²) < 4.78 is 0. The number of carbonyl (C=O) groups is 2. The van der Waals surface area contributed by atoms with Crippen LogP contribution in [0.1, 0.15) is 11.1 Å². The molecule has 0 saturated carbocycles. The average molecular weight is 363 g/mol. The molecule has 2 N–H and O–H groups in total. The van der Waals surface area contributed by atoms with Gasteiger partial charge in [0.2, 0.25) is 5.91 Å². The summed E-state index contributed by atoms with van der Waals surface area (Å²) in [6.45, 7) is 2.00. The van der Waals surface area contributed by atoms with Gasteiger partial charge in [0, 0.05) is 5.69 Å². The number of thioether (sulfide) groups is 1. The van der Waals surface area contributed by atoms with Crippen molar-refractivity contribution in [2.75, 3.05) is 4.90 Å². The molecule has 2 amide bonds. The molecule has 130 valence electrons. The minimum absolute atomic E-state index is 0.161. The normalized spacial score (nSPS) is 18.5. The van der Waals surface area contributed by atoms with Gasteiger partial charge in [-0.1, -0.05) is 59.8 Å². The number of aryl methyl sites for hydroxylation is 1.